The fourth-order valence-corrected chi connectivity index (χ4v) is 3.00. The average molecular weight is 299 g/mol. The molecule has 1 aliphatic rings. The van der Waals surface area contributed by atoms with Crippen molar-refractivity contribution in [3.63, 3.8) is 0 Å². The Morgan fingerprint density at radius 1 is 1.40 bits per heavy atom. The van der Waals surface area contributed by atoms with Crippen molar-refractivity contribution in [3.8, 4) is 0 Å². The topological polar surface area (TPSA) is 15.3 Å². The van der Waals surface area contributed by atoms with Gasteiger partial charge in [0.05, 0.1) is 5.02 Å². The van der Waals surface area contributed by atoms with Crippen LogP contribution in [-0.2, 0) is 6.54 Å². The summed E-state index contributed by atoms with van der Waals surface area (Å²) in [5, 5.41) is 3.50. The molecule has 0 spiro atoms. The second kappa shape index (κ2) is 7.96. The quantitative estimate of drug-likeness (QED) is 0.803. The van der Waals surface area contributed by atoms with Gasteiger partial charge >= 0.3 is 0 Å². The molecule has 1 N–H and O–H groups in total. The molecule has 2 nitrogen and oxygen atoms in total. The highest BCUT2D eigenvalue weighted by molar-refractivity contribution is 6.30. The summed E-state index contributed by atoms with van der Waals surface area (Å²) in [4.78, 5) is 2.56. The number of hydrogen-bond donors (Lipinski definition) is 1. The Balaban J connectivity index is 1.65. The lowest BCUT2D eigenvalue weighted by molar-refractivity contribution is 0.159. The molecule has 0 aliphatic carbocycles. The maximum atomic E-state index is 13.7. The van der Waals surface area contributed by atoms with E-state index in [-0.39, 0.29) is 10.8 Å². The van der Waals surface area contributed by atoms with Gasteiger partial charge in [0.1, 0.15) is 5.82 Å². The number of hydrogen-bond acceptors (Lipinski definition) is 2. The van der Waals surface area contributed by atoms with Gasteiger partial charge in [-0.1, -0.05) is 30.2 Å². The lowest BCUT2D eigenvalue weighted by Gasteiger charge is -2.33. The van der Waals surface area contributed by atoms with Crippen molar-refractivity contribution < 1.29 is 4.39 Å². The largest absolute Gasteiger partial charge is 0.313 e. The molecule has 0 aromatic heterocycles. The van der Waals surface area contributed by atoms with Gasteiger partial charge in [-0.2, -0.15) is 0 Å². The maximum Gasteiger partial charge on any atom is 0.146 e. The third-order valence-electron chi connectivity index (χ3n) is 4.09. The van der Waals surface area contributed by atoms with Crippen LogP contribution in [0.2, 0.25) is 5.02 Å². The number of benzene rings is 1. The van der Waals surface area contributed by atoms with E-state index in [4.69, 9.17) is 11.6 Å². The normalized spacial score (nSPS) is 20.2. The van der Waals surface area contributed by atoms with Gasteiger partial charge in [0.15, 0.2) is 0 Å². The minimum atomic E-state index is -0.300. The Bertz CT molecular complexity index is 425. The second-order valence-electron chi connectivity index (χ2n) is 5.62. The van der Waals surface area contributed by atoms with E-state index in [1.165, 1.54) is 25.8 Å². The molecule has 1 aromatic rings. The fraction of sp³-hybridized carbons (Fsp3) is 0.625. The van der Waals surface area contributed by atoms with Gasteiger partial charge in [0.2, 0.25) is 0 Å². The summed E-state index contributed by atoms with van der Waals surface area (Å²) in [6.07, 6.45) is 5.11. The van der Waals surface area contributed by atoms with Crippen molar-refractivity contribution in [1.29, 1.82) is 0 Å². The molecular weight excluding hydrogens is 275 g/mol. The molecule has 0 saturated carbocycles. The van der Waals surface area contributed by atoms with E-state index in [1.54, 1.807) is 18.2 Å². The first-order valence-corrected chi connectivity index (χ1v) is 7.94. The predicted octanol–water partition coefficient (Wildman–Crippen LogP) is 3.83. The molecule has 0 radical (unpaired) electrons. The molecule has 20 heavy (non-hydrogen) atoms. The van der Waals surface area contributed by atoms with Crippen molar-refractivity contribution in [2.45, 2.75) is 45.2 Å². The zero-order chi connectivity index (χ0) is 14.4. The van der Waals surface area contributed by atoms with E-state index in [0.717, 1.165) is 19.5 Å². The van der Waals surface area contributed by atoms with Crippen LogP contribution in [0.5, 0.6) is 0 Å². The lowest BCUT2D eigenvalue weighted by Crippen LogP contribution is -2.38. The van der Waals surface area contributed by atoms with Crippen molar-refractivity contribution in [3.05, 3.63) is 34.6 Å². The van der Waals surface area contributed by atoms with Crippen LogP contribution < -0.4 is 5.32 Å². The molecule has 1 saturated heterocycles. The first kappa shape index (κ1) is 15.7. The van der Waals surface area contributed by atoms with Crippen molar-refractivity contribution in [2.24, 2.45) is 0 Å². The van der Waals surface area contributed by atoms with Crippen LogP contribution >= 0.6 is 11.6 Å². The van der Waals surface area contributed by atoms with Gasteiger partial charge in [-0.15, -0.1) is 0 Å². The number of rotatable bonds is 6. The Kier molecular flexibility index (Phi) is 6.27. The van der Waals surface area contributed by atoms with Crippen molar-refractivity contribution in [2.75, 3.05) is 19.6 Å². The SMILES string of the molecule is CC1CCCCN1CCCNCc1cccc(Cl)c1F. The summed E-state index contributed by atoms with van der Waals surface area (Å²) in [5.74, 6) is -0.300. The average Bonchev–Trinajstić information content (AvgIpc) is 2.45. The molecule has 1 heterocycles. The highest BCUT2D eigenvalue weighted by Crippen LogP contribution is 2.18. The number of halogens is 2. The van der Waals surface area contributed by atoms with E-state index >= 15 is 0 Å². The molecule has 4 heteroatoms. The van der Waals surface area contributed by atoms with Crippen molar-refractivity contribution >= 4 is 11.6 Å². The Morgan fingerprint density at radius 3 is 3.05 bits per heavy atom. The van der Waals surface area contributed by atoms with Crippen molar-refractivity contribution in [1.82, 2.24) is 10.2 Å². The number of nitrogens with zero attached hydrogens (tertiary/aromatic N) is 1. The van der Waals surface area contributed by atoms with Crippen LogP contribution in [0.3, 0.4) is 0 Å². The molecular formula is C16H24ClFN2. The van der Waals surface area contributed by atoms with Gasteiger partial charge < -0.3 is 10.2 Å². The first-order chi connectivity index (χ1) is 9.68. The first-order valence-electron chi connectivity index (χ1n) is 7.56. The Hall–Kier alpha value is -0.640. The van der Waals surface area contributed by atoms with Gasteiger partial charge in [0, 0.05) is 18.2 Å². The molecule has 1 aliphatic heterocycles. The Morgan fingerprint density at radius 2 is 2.25 bits per heavy atom. The summed E-state index contributed by atoms with van der Waals surface area (Å²) in [7, 11) is 0. The molecule has 0 bridgehead atoms. The Labute approximate surface area is 126 Å². The number of piperidine rings is 1. The van der Waals surface area contributed by atoms with Crippen LogP contribution in [0.1, 0.15) is 38.2 Å². The molecule has 1 aromatic carbocycles. The van der Waals surface area contributed by atoms with Crippen LogP contribution in [0.15, 0.2) is 18.2 Å². The molecule has 1 fully saturated rings. The van der Waals surface area contributed by atoms with Gasteiger partial charge in [-0.05, 0) is 51.9 Å². The van der Waals surface area contributed by atoms with E-state index in [0.29, 0.717) is 18.2 Å². The van der Waals surface area contributed by atoms with Crippen LogP contribution in [-0.4, -0.2) is 30.6 Å². The summed E-state index contributed by atoms with van der Waals surface area (Å²) < 4.78 is 13.7. The summed E-state index contributed by atoms with van der Waals surface area (Å²) in [6.45, 7) is 6.13. The van der Waals surface area contributed by atoms with E-state index in [1.807, 2.05) is 0 Å². The van der Waals surface area contributed by atoms with Gasteiger partial charge in [0.25, 0.3) is 0 Å². The third kappa shape index (κ3) is 4.44. The number of nitrogens with one attached hydrogen (secondary N) is 1. The van der Waals surface area contributed by atoms with E-state index in [2.05, 4.69) is 17.1 Å². The summed E-state index contributed by atoms with van der Waals surface area (Å²) in [5.41, 5.74) is 0.642. The third-order valence-corrected chi connectivity index (χ3v) is 4.38. The predicted molar refractivity (Wildman–Crippen MR) is 82.6 cm³/mol. The fourth-order valence-electron chi connectivity index (χ4n) is 2.80. The van der Waals surface area contributed by atoms with Gasteiger partial charge in [-0.25, -0.2) is 4.39 Å². The lowest BCUT2D eigenvalue weighted by atomic mass is 10.0. The zero-order valence-electron chi connectivity index (χ0n) is 12.2. The minimum Gasteiger partial charge on any atom is -0.313 e. The summed E-state index contributed by atoms with van der Waals surface area (Å²) in [6, 6.07) is 5.87. The second-order valence-corrected chi connectivity index (χ2v) is 6.03. The molecule has 1 atom stereocenters. The van der Waals surface area contributed by atoms with Gasteiger partial charge in [-0.3, -0.25) is 0 Å². The van der Waals surface area contributed by atoms with Crippen LogP contribution in [0.4, 0.5) is 4.39 Å². The van der Waals surface area contributed by atoms with E-state index in [9.17, 15) is 4.39 Å². The maximum absolute atomic E-state index is 13.7. The monoisotopic (exact) mass is 298 g/mol. The highest BCUT2D eigenvalue weighted by Gasteiger charge is 2.16. The van der Waals surface area contributed by atoms with Crippen LogP contribution in [0.25, 0.3) is 0 Å². The minimum absolute atomic E-state index is 0.200. The molecule has 1 unspecified atom stereocenters. The highest BCUT2D eigenvalue weighted by atomic mass is 35.5. The smallest absolute Gasteiger partial charge is 0.146 e. The summed E-state index contributed by atoms with van der Waals surface area (Å²) >= 11 is 5.76. The van der Waals surface area contributed by atoms with Crippen LogP contribution in [0, 0.1) is 5.82 Å². The molecule has 112 valence electrons. The number of likely N-dealkylation sites (tertiary alicyclic amines) is 1. The van der Waals surface area contributed by atoms with E-state index < -0.39 is 0 Å². The molecule has 2 rings (SSSR count). The zero-order valence-corrected chi connectivity index (χ0v) is 12.9. The standard InChI is InChI=1S/C16H24ClFN2/c1-13-6-2-3-10-20(13)11-5-9-19-12-14-7-4-8-15(17)16(14)18/h4,7-8,13,19H,2-3,5-6,9-12H2,1H3. The molecule has 0 amide bonds.